The Bertz CT molecular complexity index is 556. The number of aliphatic hydroxyl groups is 1. The molecule has 0 aliphatic carbocycles. The monoisotopic (exact) mass is 245 g/mol. The number of carbonyl (C=O) groups excluding carboxylic acids is 1. The number of rotatable bonds is 3. The van der Waals surface area contributed by atoms with Gasteiger partial charge in [-0.25, -0.2) is 0 Å². The van der Waals surface area contributed by atoms with Crippen LogP contribution in [-0.4, -0.2) is 24.2 Å². The van der Waals surface area contributed by atoms with Crippen LogP contribution in [0.3, 0.4) is 0 Å². The van der Waals surface area contributed by atoms with Crippen LogP contribution < -0.4 is 4.74 Å². The van der Waals surface area contributed by atoms with Crippen molar-refractivity contribution in [3.05, 3.63) is 35.6 Å². The highest BCUT2D eigenvalue weighted by atomic mass is 16.5. The molecule has 2 rings (SSSR count). The second-order valence-electron chi connectivity index (χ2n) is 4.67. The van der Waals surface area contributed by atoms with E-state index >= 15 is 0 Å². The number of aliphatic imine (C=N–C) groups is 1. The fourth-order valence-electron chi connectivity index (χ4n) is 2.20. The number of hydrogen-bond donors (Lipinski definition) is 1. The third kappa shape index (κ3) is 1.70. The molecule has 0 aromatic heterocycles. The molecule has 4 nitrogen and oxygen atoms in total. The average Bonchev–Trinajstić information content (AvgIpc) is 2.63. The van der Waals surface area contributed by atoms with E-state index in [9.17, 15) is 4.79 Å². The molecule has 0 saturated heterocycles. The number of nitrogens with zero attached hydrogens (tertiary/aromatic N) is 1. The summed E-state index contributed by atoms with van der Waals surface area (Å²) in [6.07, 6.45) is 1.42. The number of allylic oxidation sites excluding steroid dienone is 1. The van der Waals surface area contributed by atoms with Gasteiger partial charge in [0.15, 0.2) is 6.29 Å². The molecule has 0 atom stereocenters. The van der Waals surface area contributed by atoms with E-state index in [0.717, 1.165) is 23.3 Å². The van der Waals surface area contributed by atoms with Crippen molar-refractivity contribution >= 4 is 17.7 Å². The first-order valence-corrected chi connectivity index (χ1v) is 5.62. The Morgan fingerprint density at radius 1 is 1.44 bits per heavy atom. The van der Waals surface area contributed by atoms with E-state index < -0.39 is 5.41 Å². The number of methoxy groups -OCH3 is 1. The highest BCUT2D eigenvalue weighted by molar-refractivity contribution is 6.21. The second kappa shape index (κ2) is 4.29. The van der Waals surface area contributed by atoms with E-state index in [1.54, 1.807) is 7.11 Å². The van der Waals surface area contributed by atoms with Gasteiger partial charge < -0.3 is 9.84 Å². The number of aliphatic hydroxyl groups excluding tert-OH is 1. The molecule has 1 aromatic rings. The first-order valence-electron chi connectivity index (χ1n) is 5.62. The van der Waals surface area contributed by atoms with E-state index in [1.807, 2.05) is 32.0 Å². The van der Waals surface area contributed by atoms with Crippen LogP contribution in [-0.2, 0) is 10.2 Å². The lowest BCUT2D eigenvalue weighted by Crippen LogP contribution is -2.27. The Hall–Kier alpha value is -2.10. The van der Waals surface area contributed by atoms with Gasteiger partial charge in [0.05, 0.1) is 30.3 Å². The van der Waals surface area contributed by atoms with Gasteiger partial charge in [-0.1, -0.05) is 13.8 Å². The highest BCUT2D eigenvalue weighted by Gasteiger charge is 2.37. The van der Waals surface area contributed by atoms with Crippen LogP contribution in [0.4, 0.5) is 5.69 Å². The van der Waals surface area contributed by atoms with E-state index in [-0.39, 0.29) is 5.57 Å². The topological polar surface area (TPSA) is 58.9 Å². The zero-order valence-corrected chi connectivity index (χ0v) is 10.6. The predicted molar refractivity (Wildman–Crippen MR) is 69.9 cm³/mol. The molecule has 0 amide bonds. The van der Waals surface area contributed by atoms with Gasteiger partial charge in [0.25, 0.3) is 0 Å². The summed E-state index contributed by atoms with van der Waals surface area (Å²) in [5.41, 5.74) is 2.13. The minimum Gasteiger partial charge on any atom is -0.515 e. The van der Waals surface area contributed by atoms with Gasteiger partial charge in [0.1, 0.15) is 5.75 Å². The molecule has 18 heavy (non-hydrogen) atoms. The lowest BCUT2D eigenvalue weighted by Gasteiger charge is -2.22. The molecule has 94 valence electrons. The van der Waals surface area contributed by atoms with Crippen molar-refractivity contribution in [3.8, 4) is 5.75 Å². The van der Waals surface area contributed by atoms with Crippen LogP contribution in [0, 0.1) is 0 Å². The molecule has 4 heteroatoms. The van der Waals surface area contributed by atoms with Crippen molar-refractivity contribution in [1.82, 2.24) is 0 Å². The largest absolute Gasteiger partial charge is 0.515 e. The maximum absolute atomic E-state index is 11.0. The molecule has 0 radical (unpaired) electrons. The summed E-state index contributed by atoms with van der Waals surface area (Å²) in [6.45, 7) is 3.92. The van der Waals surface area contributed by atoms with Gasteiger partial charge in [0, 0.05) is 5.41 Å². The lowest BCUT2D eigenvalue weighted by atomic mass is 9.79. The number of fused-ring (bicyclic) bond motifs is 1. The van der Waals surface area contributed by atoms with Gasteiger partial charge in [-0.15, -0.1) is 0 Å². The van der Waals surface area contributed by atoms with Gasteiger partial charge in [0.2, 0.25) is 0 Å². The summed E-state index contributed by atoms with van der Waals surface area (Å²) >= 11 is 0. The lowest BCUT2D eigenvalue weighted by molar-refractivity contribution is -0.104. The Morgan fingerprint density at radius 2 is 2.17 bits per heavy atom. The minimum absolute atomic E-state index is 0.204. The van der Waals surface area contributed by atoms with Gasteiger partial charge >= 0.3 is 0 Å². The smallest absolute Gasteiger partial charge is 0.155 e. The summed E-state index contributed by atoms with van der Waals surface area (Å²) in [7, 11) is 1.61. The van der Waals surface area contributed by atoms with Crippen molar-refractivity contribution in [3.63, 3.8) is 0 Å². The van der Waals surface area contributed by atoms with Crippen molar-refractivity contribution in [2.45, 2.75) is 19.3 Å². The van der Waals surface area contributed by atoms with Crippen LogP contribution in [0.15, 0.2) is 35.0 Å². The molecule has 0 unspecified atom stereocenters. The van der Waals surface area contributed by atoms with E-state index in [4.69, 9.17) is 9.84 Å². The Labute approximate surface area is 106 Å². The SMILES string of the molecule is COc1ccc2c(c1)C(C)(C)C(/C(C=O)=C/O)=N2. The first-order chi connectivity index (χ1) is 8.54. The summed E-state index contributed by atoms with van der Waals surface area (Å²) < 4.78 is 5.20. The second-order valence-corrected chi connectivity index (χ2v) is 4.67. The molecule has 0 saturated carbocycles. The van der Waals surface area contributed by atoms with Crippen molar-refractivity contribution in [1.29, 1.82) is 0 Å². The minimum atomic E-state index is -0.431. The fraction of sp³-hybridized carbons (Fsp3) is 0.286. The van der Waals surface area contributed by atoms with Crippen molar-refractivity contribution in [2.75, 3.05) is 7.11 Å². The Kier molecular flexibility index (Phi) is 2.95. The maximum Gasteiger partial charge on any atom is 0.155 e. The predicted octanol–water partition coefficient (Wildman–Crippen LogP) is 2.70. The number of aldehydes is 1. The molecule has 1 N–H and O–H groups in total. The van der Waals surface area contributed by atoms with Gasteiger partial charge in [-0.3, -0.25) is 9.79 Å². The fourth-order valence-corrected chi connectivity index (χ4v) is 2.20. The highest BCUT2D eigenvalue weighted by Crippen LogP contribution is 2.43. The molecule has 0 fully saturated rings. The Balaban J connectivity index is 2.56. The standard InChI is InChI=1S/C14H15NO3/c1-14(2)11-6-10(18-3)4-5-12(11)15-13(14)9(7-16)8-17/h4-8,16H,1-3H3/b9-7+. The average molecular weight is 245 g/mol. The molecular formula is C14H15NO3. The number of ether oxygens (including phenoxy) is 1. The zero-order chi connectivity index (χ0) is 13.3. The molecule has 0 spiro atoms. The van der Waals surface area contributed by atoms with Crippen LogP contribution >= 0.6 is 0 Å². The number of benzene rings is 1. The number of hydrogen-bond acceptors (Lipinski definition) is 4. The van der Waals surface area contributed by atoms with Crippen LogP contribution in [0.5, 0.6) is 5.75 Å². The Morgan fingerprint density at radius 3 is 2.72 bits per heavy atom. The van der Waals surface area contributed by atoms with Crippen molar-refractivity contribution in [2.24, 2.45) is 4.99 Å². The summed E-state index contributed by atoms with van der Waals surface area (Å²) in [5.74, 6) is 0.749. The van der Waals surface area contributed by atoms with Crippen molar-refractivity contribution < 1.29 is 14.6 Å². The van der Waals surface area contributed by atoms with Gasteiger partial charge in [-0.05, 0) is 23.8 Å². The van der Waals surface area contributed by atoms with E-state index in [2.05, 4.69) is 4.99 Å². The van der Waals surface area contributed by atoms with Crippen LogP contribution in [0.25, 0.3) is 0 Å². The normalized spacial score (nSPS) is 17.1. The van der Waals surface area contributed by atoms with E-state index in [1.165, 1.54) is 0 Å². The molecule has 1 aliphatic rings. The molecular weight excluding hydrogens is 230 g/mol. The quantitative estimate of drug-likeness (QED) is 0.506. The van der Waals surface area contributed by atoms with Crippen LogP contribution in [0.2, 0.25) is 0 Å². The molecule has 1 aromatic carbocycles. The van der Waals surface area contributed by atoms with Gasteiger partial charge in [-0.2, -0.15) is 0 Å². The summed E-state index contributed by atoms with van der Waals surface area (Å²) in [5, 5.41) is 9.10. The third-order valence-electron chi connectivity index (χ3n) is 3.24. The molecule has 0 bridgehead atoms. The first kappa shape index (κ1) is 12.4. The maximum atomic E-state index is 11.0. The zero-order valence-electron chi connectivity index (χ0n) is 10.6. The summed E-state index contributed by atoms with van der Waals surface area (Å²) in [4.78, 5) is 15.4. The number of carbonyl (C=O) groups is 1. The summed E-state index contributed by atoms with van der Waals surface area (Å²) in [6, 6.07) is 5.58. The molecule has 1 heterocycles. The van der Waals surface area contributed by atoms with Crippen LogP contribution in [0.1, 0.15) is 19.4 Å². The van der Waals surface area contributed by atoms with E-state index in [0.29, 0.717) is 12.0 Å². The third-order valence-corrected chi connectivity index (χ3v) is 3.24. The molecule has 1 aliphatic heterocycles.